The molecule has 2 heterocycles. The number of alkyl halides is 3. The Morgan fingerprint density at radius 1 is 1.19 bits per heavy atom. The van der Waals surface area contributed by atoms with Gasteiger partial charge in [0, 0.05) is 37.0 Å². The summed E-state index contributed by atoms with van der Waals surface area (Å²) in [4.78, 5) is 6.67. The fourth-order valence-corrected chi connectivity index (χ4v) is 3.69. The van der Waals surface area contributed by atoms with Crippen molar-refractivity contribution >= 4 is 28.5 Å². The zero-order valence-corrected chi connectivity index (χ0v) is 16.5. The van der Waals surface area contributed by atoms with Crippen molar-refractivity contribution in [1.29, 1.82) is 0 Å². The van der Waals surface area contributed by atoms with E-state index in [2.05, 4.69) is 15.3 Å². The molecule has 0 unspecified atom stereocenters. The van der Waals surface area contributed by atoms with E-state index >= 15 is 0 Å². The van der Waals surface area contributed by atoms with Crippen molar-refractivity contribution in [2.24, 2.45) is 10.9 Å². The number of fused-ring (bicyclic) bond motifs is 1. The molecule has 5 nitrogen and oxygen atoms in total. The number of aromatic hydroxyl groups is 1. The molecular weight excluding hydrogens is 414 g/mol. The van der Waals surface area contributed by atoms with Gasteiger partial charge >= 0.3 is 6.18 Å². The van der Waals surface area contributed by atoms with E-state index in [9.17, 15) is 22.7 Å². The van der Waals surface area contributed by atoms with Gasteiger partial charge in [-0.05, 0) is 49.1 Å². The number of nitrogens with zero attached hydrogens (tertiary/aromatic N) is 1. The van der Waals surface area contributed by atoms with Crippen molar-refractivity contribution in [2.75, 3.05) is 25.1 Å². The minimum Gasteiger partial charge on any atom is -0.494 e. The molecule has 1 saturated heterocycles. The lowest BCUT2D eigenvalue weighted by molar-refractivity contribution is -0.136. The standard InChI is InChI=1S/C22H21F4N3O2/c23-17-2-1-3-19-20(17)15(21(30)29-19)12-27-14-4-5-18(16(10-14)22(24,25)26)28-11-13-6-8-31-9-7-13/h1-5,10,12-13,28-30H,6-9,11H2. The minimum atomic E-state index is -4.57. The van der Waals surface area contributed by atoms with Crippen LogP contribution in [0.5, 0.6) is 5.88 Å². The maximum absolute atomic E-state index is 14.1. The van der Waals surface area contributed by atoms with Crippen LogP contribution in [-0.2, 0) is 10.9 Å². The van der Waals surface area contributed by atoms with Crippen LogP contribution in [0.4, 0.5) is 28.9 Å². The second kappa shape index (κ2) is 8.58. The number of anilines is 1. The minimum absolute atomic E-state index is 0.0149. The Labute approximate surface area is 175 Å². The molecule has 1 aliphatic rings. The highest BCUT2D eigenvalue weighted by atomic mass is 19.4. The number of hydrogen-bond donors (Lipinski definition) is 3. The molecule has 3 aromatic rings. The second-order valence-corrected chi connectivity index (χ2v) is 7.47. The number of aromatic nitrogens is 1. The van der Waals surface area contributed by atoms with E-state index in [0.717, 1.165) is 25.1 Å². The number of aliphatic imine (C=N–C) groups is 1. The highest BCUT2D eigenvalue weighted by Crippen LogP contribution is 2.38. The molecule has 1 fully saturated rings. The molecule has 31 heavy (non-hydrogen) atoms. The van der Waals surface area contributed by atoms with Crippen LogP contribution in [0.1, 0.15) is 24.0 Å². The van der Waals surface area contributed by atoms with Gasteiger partial charge in [0.2, 0.25) is 0 Å². The molecule has 0 amide bonds. The van der Waals surface area contributed by atoms with Gasteiger partial charge in [0.25, 0.3) is 0 Å². The lowest BCUT2D eigenvalue weighted by Crippen LogP contribution is -2.23. The number of ether oxygens (including phenoxy) is 1. The van der Waals surface area contributed by atoms with E-state index in [0.29, 0.717) is 25.3 Å². The van der Waals surface area contributed by atoms with E-state index in [-0.39, 0.29) is 34.1 Å². The van der Waals surface area contributed by atoms with Crippen LogP contribution in [0.2, 0.25) is 0 Å². The van der Waals surface area contributed by atoms with E-state index in [1.807, 2.05) is 0 Å². The quantitative estimate of drug-likeness (QED) is 0.360. The average molecular weight is 435 g/mol. The zero-order valence-electron chi connectivity index (χ0n) is 16.5. The summed E-state index contributed by atoms with van der Waals surface area (Å²) in [6.07, 6.45) is -1.80. The van der Waals surface area contributed by atoms with Crippen molar-refractivity contribution < 1.29 is 27.4 Å². The number of benzene rings is 2. The first kappa shape index (κ1) is 21.2. The summed E-state index contributed by atoms with van der Waals surface area (Å²) in [5, 5.41) is 13.1. The molecular formula is C22H21F4N3O2. The SMILES string of the molecule is Oc1[nH]c2cccc(F)c2c1C=Nc1ccc(NCC2CCOCC2)c(C(F)(F)F)c1. The summed E-state index contributed by atoms with van der Waals surface area (Å²) in [5.74, 6) is -0.624. The van der Waals surface area contributed by atoms with Crippen LogP contribution in [0.25, 0.3) is 10.9 Å². The fourth-order valence-electron chi connectivity index (χ4n) is 3.69. The summed E-state index contributed by atoms with van der Waals surface area (Å²) in [7, 11) is 0. The first-order chi connectivity index (χ1) is 14.8. The van der Waals surface area contributed by atoms with Crippen molar-refractivity contribution in [1.82, 2.24) is 4.98 Å². The summed E-state index contributed by atoms with van der Waals surface area (Å²) in [6.45, 7) is 1.67. The van der Waals surface area contributed by atoms with Gasteiger partial charge in [-0.15, -0.1) is 0 Å². The van der Waals surface area contributed by atoms with Gasteiger partial charge < -0.3 is 20.1 Å². The van der Waals surface area contributed by atoms with Gasteiger partial charge in [-0.1, -0.05) is 6.07 Å². The van der Waals surface area contributed by atoms with E-state index in [4.69, 9.17) is 4.74 Å². The maximum Gasteiger partial charge on any atom is 0.418 e. The van der Waals surface area contributed by atoms with Crippen molar-refractivity contribution in [3.05, 3.63) is 53.3 Å². The fraction of sp³-hybridized carbons (Fsp3) is 0.318. The summed E-state index contributed by atoms with van der Waals surface area (Å²) >= 11 is 0. The Morgan fingerprint density at radius 2 is 1.97 bits per heavy atom. The summed E-state index contributed by atoms with van der Waals surface area (Å²) in [5.41, 5.74) is -0.373. The third-order valence-electron chi connectivity index (χ3n) is 5.36. The van der Waals surface area contributed by atoms with Crippen LogP contribution in [0, 0.1) is 11.7 Å². The number of H-pyrrole nitrogens is 1. The largest absolute Gasteiger partial charge is 0.494 e. The number of aromatic amines is 1. The topological polar surface area (TPSA) is 69.6 Å². The Hall–Kier alpha value is -3.07. The first-order valence-corrected chi connectivity index (χ1v) is 9.89. The predicted octanol–water partition coefficient (Wildman–Crippen LogP) is 5.62. The molecule has 9 heteroatoms. The highest BCUT2D eigenvalue weighted by molar-refractivity contribution is 6.02. The van der Waals surface area contributed by atoms with E-state index < -0.39 is 17.6 Å². The lowest BCUT2D eigenvalue weighted by atomic mass is 10.00. The molecule has 0 spiro atoms. The molecule has 3 N–H and O–H groups in total. The van der Waals surface area contributed by atoms with Crippen LogP contribution < -0.4 is 5.32 Å². The third kappa shape index (κ3) is 4.66. The monoisotopic (exact) mass is 435 g/mol. The van der Waals surface area contributed by atoms with Crippen LogP contribution in [-0.4, -0.2) is 36.1 Å². The number of halogens is 4. The molecule has 0 saturated carbocycles. The maximum atomic E-state index is 14.1. The van der Waals surface area contributed by atoms with Gasteiger partial charge in [0.1, 0.15) is 5.82 Å². The Balaban J connectivity index is 1.60. The molecule has 0 radical (unpaired) electrons. The highest BCUT2D eigenvalue weighted by Gasteiger charge is 2.34. The summed E-state index contributed by atoms with van der Waals surface area (Å²) in [6, 6.07) is 8.01. The molecule has 4 rings (SSSR count). The van der Waals surface area contributed by atoms with E-state index in [1.54, 1.807) is 6.07 Å². The van der Waals surface area contributed by atoms with Crippen LogP contribution in [0.3, 0.4) is 0 Å². The predicted molar refractivity (Wildman–Crippen MR) is 111 cm³/mol. The lowest BCUT2D eigenvalue weighted by Gasteiger charge is -2.23. The van der Waals surface area contributed by atoms with Gasteiger partial charge in [0.15, 0.2) is 5.88 Å². The van der Waals surface area contributed by atoms with E-state index in [1.165, 1.54) is 24.3 Å². The van der Waals surface area contributed by atoms with Gasteiger partial charge in [0.05, 0.1) is 22.3 Å². The van der Waals surface area contributed by atoms with Gasteiger partial charge in [-0.2, -0.15) is 13.2 Å². The molecule has 2 aromatic carbocycles. The van der Waals surface area contributed by atoms with Crippen molar-refractivity contribution in [2.45, 2.75) is 19.0 Å². The molecule has 0 bridgehead atoms. The van der Waals surface area contributed by atoms with Crippen molar-refractivity contribution in [3.63, 3.8) is 0 Å². The Kier molecular flexibility index (Phi) is 5.86. The Bertz CT molecular complexity index is 1100. The molecule has 1 aromatic heterocycles. The van der Waals surface area contributed by atoms with Crippen molar-refractivity contribution in [3.8, 4) is 5.88 Å². The molecule has 0 atom stereocenters. The number of hydrogen-bond acceptors (Lipinski definition) is 4. The normalized spacial score (nSPS) is 15.7. The number of nitrogens with one attached hydrogen (secondary N) is 2. The summed E-state index contributed by atoms with van der Waals surface area (Å²) < 4.78 is 60.3. The number of rotatable bonds is 5. The smallest absolute Gasteiger partial charge is 0.418 e. The molecule has 0 aliphatic carbocycles. The molecule has 164 valence electrons. The molecule has 1 aliphatic heterocycles. The Morgan fingerprint density at radius 3 is 2.71 bits per heavy atom. The average Bonchev–Trinajstić information content (AvgIpc) is 3.07. The van der Waals surface area contributed by atoms with Crippen LogP contribution in [0.15, 0.2) is 41.4 Å². The zero-order chi connectivity index (χ0) is 22.0. The van der Waals surface area contributed by atoms with Crippen LogP contribution >= 0.6 is 0 Å². The first-order valence-electron chi connectivity index (χ1n) is 9.89. The van der Waals surface area contributed by atoms with Gasteiger partial charge in [-0.3, -0.25) is 4.99 Å². The second-order valence-electron chi connectivity index (χ2n) is 7.47. The third-order valence-corrected chi connectivity index (χ3v) is 5.36. The van der Waals surface area contributed by atoms with Gasteiger partial charge in [-0.25, -0.2) is 4.39 Å².